The van der Waals surface area contributed by atoms with Crippen LogP contribution in [0.2, 0.25) is 0 Å². The van der Waals surface area contributed by atoms with Crippen LogP contribution in [0.4, 0.5) is 11.4 Å². The fourth-order valence-electron chi connectivity index (χ4n) is 8.36. The van der Waals surface area contributed by atoms with E-state index in [1.807, 2.05) is 12.1 Å². The van der Waals surface area contributed by atoms with Crippen LogP contribution in [-0.2, 0) is 20.9 Å². The van der Waals surface area contributed by atoms with Gasteiger partial charge in [0.25, 0.3) is 0 Å². The molecule has 0 bridgehead atoms. The third kappa shape index (κ3) is 11.6. The number of hydrogen-bond donors (Lipinski definition) is 0. The number of ether oxygens (including phenoxy) is 3. The van der Waals surface area contributed by atoms with Gasteiger partial charge in [0.15, 0.2) is 5.71 Å². The second kappa shape index (κ2) is 22.3. The molecule has 3 aromatic rings. The summed E-state index contributed by atoms with van der Waals surface area (Å²) in [5.41, 5.74) is 8.67. The molecule has 0 atom stereocenters. The van der Waals surface area contributed by atoms with E-state index in [2.05, 4.69) is 120 Å². The summed E-state index contributed by atoms with van der Waals surface area (Å²) in [6.07, 6.45) is 16.8. The summed E-state index contributed by atoms with van der Waals surface area (Å²) < 4.78 is 71.5. The van der Waals surface area contributed by atoms with E-state index in [0.717, 1.165) is 54.8 Å². The Kier molecular flexibility index (Phi) is 17.2. The van der Waals surface area contributed by atoms with Gasteiger partial charge in [-0.1, -0.05) is 90.9 Å². The van der Waals surface area contributed by atoms with E-state index in [4.69, 9.17) is 18.3 Å². The van der Waals surface area contributed by atoms with Crippen LogP contribution in [0.15, 0.2) is 95.4 Å². The van der Waals surface area contributed by atoms with Crippen LogP contribution in [-0.4, -0.2) is 71.3 Å². The Balaban J connectivity index is 0.00000169. The number of aromatic nitrogens is 3. The summed E-state index contributed by atoms with van der Waals surface area (Å²) in [6, 6.07) is 17.3. The second-order valence-corrected chi connectivity index (χ2v) is 17.5. The molecule has 0 fully saturated rings. The summed E-state index contributed by atoms with van der Waals surface area (Å²) in [5, 5.41) is 0. The van der Waals surface area contributed by atoms with Crippen molar-refractivity contribution < 1.29 is 87.3 Å². The van der Waals surface area contributed by atoms with Gasteiger partial charge in [-0.15, -0.1) is 15.0 Å². The minimum Gasteiger partial charge on any atom is -0.748 e. The first-order chi connectivity index (χ1) is 29.7. The molecule has 2 aromatic carbocycles. The van der Waals surface area contributed by atoms with Crippen molar-refractivity contribution in [1.29, 1.82) is 0 Å². The van der Waals surface area contributed by atoms with Crippen LogP contribution in [0.5, 0.6) is 18.0 Å². The van der Waals surface area contributed by atoms with Gasteiger partial charge in [-0.25, -0.2) is 8.42 Å². The number of fused-ring (bicyclic) bond motifs is 2. The standard InChI is InChI=1S/C45H57N5O6S.2CH4.K/c1-8-9-10-15-29-49-36-23-13-11-21-34(36)44(2,3)38(49)27-25-32-19-18-20-33(40(32)56-43-47-41(54-6)46-42(48-43)55-7)26-28-39-45(4,5)35-22-12-14-24-37(35)50(39)30-16-17-31-57(51,52)53;;;/h11-14,21-28H,8-10,15-20,29-31H2,1-7H3;2*1H4;/q;;;+1/i;1D2;1D;. The van der Waals surface area contributed by atoms with Gasteiger partial charge in [0, 0.05) is 57.3 Å². The number of allylic oxidation sites excluding steroid dienone is 7. The molecule has 6 rings (SSSR count). The zero-order chi connectivity index (χ0) is 45.5. The molecule has 1 aliphatic carbocycles. The first kappa shape index (κ1) is 46.3. The first-order valence-corrected chi connectivity index (χ1v) is 21.8. The zero-order valence-electron chi connectivity index (χ0n) is 40.2. The van der Waals surface area contributed by atoms with Crippen LogP contribution in [0.1, 0.15) is 122 Å². The molecule has 13 heteroatoms. The SMILES string of the molecule is CCCCCC[N+]1=C(/C=C/C2=C(Oc3nc(OC)nc(OC)n3)C(=C/C=C3/N(CCCCS(=O)(=O)[O-])c4ccccc4C3(C)C)/CCC2)C(C)(C)c2ccccc21.[2H]C.[2H]C[2H].[K+]. The van der Waals surface area contributed by atoms with Gasteiger partial charge in [0.1, 0.15) is 12.3 Å². The minimum atomic E-state index is -4.28. The molecule has 0 radical (unpaired) electrons. The second-order valence-electron chi connectivity index (χ2n) is 16.0. The third-order valence-electron chi connectivity index (χ3n) is 11.4. The molecule has 3 aliphatic rings. The van der Waals surface area contributed by atoms with Crippen LogP contribution >= 0.6 is 0 Å². The molecule has 0 saturated carbocycles. The number of methoxy groups -OCH3 is 2. The van der Waals surface area contributed by atoms with Crippen molar-refractivity contribution in [2.45, 2.75) is 118 Å². The normalized spacial score (nSPS) is 18.4. The molecule has 0 saturated heterocycles. The molecule has 0 unspecified atom stereocenters. The predicted molar refractivity (Wildman–Crippen MR) is 237 cm³/mol. The maximum atomic E-state index is 11.4. The molecular weight excluding hydrogens is 802 g/mol. The number of unbranched alkanes of at least 4 members (excludes halogenated alkanes) is 4. The summed E-state index contributed by atoms with van der Waals surface area (Å²) in [6.45, 7) is 12.8. The maximum Gasteiger partial charge on any atom is 1.00 e. The molecule has 0 N–H and O–H groups in total. The van der Waals surface area contributed by atoms with Crippen LogP contribution < -0.4 is 70.5 Å². The summed E-state index contributed by atoms with van der Waals surface area (Å²) in [4.78, 5) is 15.3. The van der Waals surface area contributed by atoms with E-state index in [1.165, 1.54) is 63.4 Å². The van der Waals surface area contributed by atoms with Crippen molar-refractivity contribution in [1.82, 2.24) is 15.0 Å². The van der Waals surface area contributed by atoms with Gasteiger partial charge < -0.3 is 23.7 Å². The van der Waals surface area contributed by atoms with Crippen molar-refractivity contribution in [3.8, 4) is 18.0 Å². The topological polar surface area (TPSA) is 130 Å². The Morgan fingerprint density at radius 2 is 1.52 bits per heavy atom. The van der Waals surface area contributed by atoms with E-state index in [1.54, 1.807) is 0 Å². The molecule has 320 valence electrons. The fraction of sp³-hybridized carbons (Fsp3) is 0.489. The number of anilines is 1. The molecule has 11 nitrogen and oxygen atoms in total. The Morgan fingerprint density at radius 3 is 2.18 bits per heavy atom. The van der Waals surface area contributed by atoms with E-state index in [9.17, 15) is 13.0 Å². The Morgan fingerprint density at radius 1 is 0.867 bits per heavy atom. The monoisotopic (exact) mass is 869 g/mol. The Hall–Kier alpha value is -3.17. The Bertz CT molecular complexity index is 2240. The van der Waals surface area contributed by atoms with E-state index in [-0.39, 0.29) is 93.4 Å². The van der Waals surface area contributed by atoms with Gasteiger partial charge in [-0.05, 0) is 87.3 Å². The average molecular weight is 870 g/mol. The van der Waals surface area contributed by atoms with Gasteiger partial charge >= 0.3 is 69.4 Å². The zero-order valence-corrected chi connectivity index (χ0v) is 41.2. The summed E-state index contributed by atoms with van der Waals surface area (Å²) in [5.74, 6) is 0.302. The van der Waals surface area contributed by atoms with Gasteiger partial charge in [-0.2, -0.15) is 4.58 Å². The number of benzene rings is 2. The quantitative estimate of drug-likeness (QED) is 0.0598. The third-order valence-corrected chi connectivity index (χ3v) is 12.1. The maximum absolute atomic E-state index is 11.4. The Labute approximate surface area is 406 Å². The van der Waals surface area contributed by atoms with Gasteiger partial charge in [0.05, 0.1) is 29.8 Å². The smallest absolute Gasteiger partial charge is 0.748 e. The largest absolute Gasteiger partial charge is 1.00 e. The van der Waals surface area contributed by atoms with E-state index < -0.39 is 10.1 Å². The average Bonchev–Trinajstić information content (AvgIpc) is 3.61. The van der Waals surface area contributed by atoms with E-state index in [0.29, 0.717) is 25.1 Å². The minimum absolute atomic E-state index is 0. The summed E-state index contributed by atoms with van der Waals surface area (Å²) >= 11 is 0. The van der Waals surface area contributed by atoms with Gasteiger partial charge in [0.2, 0.25) is 5.69 Å². The van der Waals surface area contributed by atoms with Crippen molar-refractivity contribution in [3.05, 3.63) is 107 Å². The number of hydrogen-bond acceptors (Lipinski definition) is 10. The molecule has 0 amide bonds. The predicted octanol–water partition coefficient (Wildman–Crippen LogP) is 7.13. The van der Waals surface area contributed by atoms with Crippen molar-refractivity contribution in [3.63, 3.8) is 0 Å². The molecular formula is C47H65KN5O6S+. The summed E-state index contributed by atoms with van der Waals surface area (Å²) in [7, 11) is -0.300. The van der Waals surface area contributed by atoms with Crippen molar-refractivity contribution >= 4 is 27.2 Å². The van der Waals surface area contributed by atoms with Gasteiger partial charge in [-0.3, -0.25) is 0 Å². The van der Waals surface area contributed by atoms with E-state index >= 15 is 0 Å². The van der Waals surface area contributed by atoms with Crippen LogP contribution in [0.3, 0.4) is 0 Å². The first-order valence-electron chi connectivity index (χ1n) is 22.6. The number of rotatable bonds is 17. The van der Waals surface area contributed by atoms with Crippen molar-refractivity contribution in [2.75, 3.05) is 38.0 Å². The number of nitrogens with zero attached hydrogens (tertiary/aromatic N) is 5. The van der Waals surface area contributed by atoms with Crippen LogP contribution in [0, 0.1) is 0 Å². The fourth-order valence-corrected chi connectivity index (χ4v) is 8.92. The van der Waals surface area contributed by atoms with Crippen LogP contribution in [0.25, 0.3) is 0 Å². The molecule has 2 aliphatic heterocycles. The molecule has 0 spiro atoms. The molecule has 3 heterocycles. The van der Waals surface area contributed by atoms with Crippen molar-refractivity contribution in [2.24, 2.45) is 0 Å². The molecule has 1 aromatic heterocycles. The molecule has 60 heavy (non-hydrogen) atoms. The number of para-hydroxylation sites is 2.